The van der Waals surface area contributed by atoms with Gasteiger partial charge in [-0.05, 0) is 96.4 Å². The Balaban J connectivity index is 1.05. The summed E-state index contributed by atoms with van der Waals surface area (Å²) in [5.41, 5.74) is 8.70. The van der Waals surface area contributed by atoms with E-state index in [-0.39, 0.29) is 0 Å². The van der Waals surface area contributed by atoms with E-state index in [4.69, 9.17) is 0 Å². The van der Waals surface area contributed by atoms with Crippen molar-refractivity contribution in [3.8, 4) is 27.9 Å². The zero-order valence-corrected chi connectivity index (χ0v) is 30.1. The largest absolute Gasteiger partial charge is 0.309 e. The number of fused-ring (bicyclic) bond motifs is 14. The Hall–Kier alpha value is -6.74. The lowest BCUT2D eigenvalue weighted by Gasteiger charge is -2.15. The smallest absolute Gasteiger partial charge is 0.0625 e. The van der Waals surface area contributed by atoms with Crippen LogP contribution in [0.15, 0.2) is 188 Å². The maximum atomic E-state index is 2.46. The summed E-state index contributed by atoms with van der Waals surface area (Å²) in [4.78, 5) is 0. The molecule has 0 aliphatic heterocycles. The molecule has 0 aliphatic rings. The molecule has 12 aromatic rings. The SMILES string of the molecule is c1ccc(-n2c3ccccc3c3ccc4c5ccc(-c6ccc7c(c6)sc6cc(-c8cccc9ccccc89)ccc67)cc5c5ccccc5c4c32)cc1. The van der Waals surface area contributed by atoms with E-state index < -0.39 is 0 Å². The number of hydrogen-bond acceptors (Lipinski definition) is 1. The molecule has 10 aromatic carbocycles. The molecule has 2 aromatic heterocycles. The fraction of sp³-hybridized carbons (Fsp3) is 0. The van der Waals surface area contributed by atoms with Gasteiger partial charge in [-0.25, -0.2) is 0 Å². The number of rotatable bonds is 3. The Morgan fingerprint density at radius 3 is 1.72 bits per heavy atom. The molecule has 0 spiro atoms. The Labute approximate surface area is 315 Å². The van der Waals surface area contributed by atoms with E-state index in [0.29, 0.717) is 0 Å². The lowest BCUT2D eigenvalue weighted by atomic mass is 9.91. The van der Waals surface area contributed by atoms with E-state index in [9.17, 15) is 0 Å². The second-order valence-corrected chi connectivity index (χ2v) is 15.5. The van der Waals surface area contributed by atoms with Crippen LogP contribution in [-0.4, -0.2) is 4.57 Å². The minimum absolute atomic E-state index is 1.18. The minimum Gasteiger partial charge on any atom is -0.309 e. The van der Waals surface area contributed by atoms with Crippen molar-refractivity contribution in [3.05, 3.63) is 188 Å². The number of nitrogens with zero attached hydrogens (tertiary/aromatic N) is 1. The first-order valence-electron chi connectivity index (χ1n) is 18.6. The second-order valence-electron chi connectivity index (χ2n) is 14.4. The van der Waals surface area contributed by atoms with Crippen LogP contribution in [0.3, 0.4) is 0 Å². The van der Waals surface area contributed by atoms with Crippen molar-refractivity contribution >= 4 is 96.4 Å². The summed E-state index contributed by atoms with van der Waals surface area (Å²) >= 11 is 1.89. The fourth-order valence-corrected chi connectivity index (χ4v) is 10.3. The maximum Gasteiger partial charge on any atom is 0.0625 e. The highest BCUT2D eigenvalue weighted by molar-refractivity contribution is 7.25. The second kappa shape index (κ2) is 11.4. The lowest BCUT2D eigenvalue weighted by Crippen LogP contribution is -1.95. The summed E-state index contributed by atoms with van der Waals surface area (Å²) in [6, 6.07) is 69.7. The van der Waals surface area contributed by atoms with Crippen LogP contribution in [-0.2, 0) is 0 Å². The predicted octanol–water partition coefficient (Wildman–Crippen LogP) is 15.1. The zero-order valence-electron chi connectivity index (χ0n) is 29.3. The molecule has 0 unspecified atom stereocenters. The molecule has 0 bridgehead atoms. The first kappa shape index (κ1) is 29.8. The molecule has 0 atom stereocenters. The summed E-state index contributed by atoms with van der Waals surface area (Å²) in [5.74, 6) is 0. The highest BCUT2D eigenvalue weighted by Crippen LogP contribution is 2.45. The van der Waals surface area contributed by atoms with E-state index in [1.165, 1.54) is 113 Å². The highest BCUT2D eigenvalue weighted by Gasteiger charge is 2.19. The maximum absolute atomic E-state index is 2.46. The standard InChI is InChI=1S/C52H31NS/c1-2-13-36(14-3-1)53-48-20-9-8-17-41(48)46-28-27-45-40-24-21-33(29-47(40)39-16-6-7-18-44(39)51(45)52(46)53)34-22-25-42-43-26-23-35(31-50(43)54-49(42)30-34)38-19-10-12-32-11-4-5-15-37(32)38/h1-31H. The van der Waals surface area contributed by atoms with E-state index in [2.05, 4.69) is 193 Å². The summed E-state index contributed by atoms with van der Waals surface area (Å²) in [5, 5.41) is 15.5. The highest BCUT2D eigenvalue weighted by atomic mass is 32.1. The quantitative estimate of drug-likeness (QED) is 0.162. The Morgan fingerprint density at radius 2 is 0.889 bits per heavy atom. The summed E-state index contributed by atoms with van der Waals surface area (Å²) < 4.78 is 5.10. The predicted molar refractivity (Wildman–Crippen MR) is 235 cm³/mol. The van der Waals surface area contributed by atoms with Crippen LogP contribution in [0.5, 0.6) is 0 Å². The monoisotopic (exact) mass is 701 g/mol. The Morgan fingerprint density at radius 1 is 0.333 bits per heavy atom. The van der Waals surface area contributed by atoms with Gasteiger partial charge in [-0.1, -0.05) is 152 Å². The molecule has 250 valence electrons. The molecule has 2 heteroatoms. The molecule has 0 saturated heterocycles. The van der Waals surface area contributed by atoms with Gasteiger partial charge in [0.05, 0.1) is 11.0 Å². The third-order valence-electron chi connectivity index (χ3n) is 11.6. The average molecular weight is 702 g/mol. The number of para-hydroxylation sites is 2. The Kier molecular flexibility index (Phi) is 6.28. The number of thiophene rings is 1. The van der Waals surface area contributed by atoms with Crippen molar-refractivity contribution in [1.29, 1.82) is 0 Å². The molecule has 12 rings (SSSR count). The van der Waals surface area contributed by atoms with Gasteiger partial charge in [0.15, 0.2) is 0 Å². The lowest BCUT2D eigenvalue weighted by molar-refractivity contribution is 1.19. The molecule has 54 heavy (non-hydrogen) atoms. The van der Waals surface area contributed by atoms with Gasteiger partial charge in [0.2, 0.25) is 0 Å². The van der Waals surface area contributed by atoms with Gasteiger partial charge >= 0.3 is 0 Å². The van der Waals surface area contributed by atoms with E-state index >= 15 is 0 Å². The first-order valence-corrected chi connectivity index (χ1v) is 19.4. The molecule has 1 nitrogen and oxygen atoms in total. The fourth-order valence-electron chi connectivity index (χ4n) is 9.12. The van der Waals surface area contributed by atoms with Crippen LogP contribution in [0.25, 0.3) is 113 Å². The molecular formula is C52H31NS. The topological polar surface area (TPSA) is 4.93 Å². The van der Waals surface area contributed by atoms with Gasteiger partial charge in [0, 0.05) is 42.0 Å². The van der Waals surface area contributed by atoms with Crippen LogP contribution in [0.2, 0.25) is 0 Å². The third-order valence-corrected chi connectivity index (χ3v) is 12.7. The van der Waals surface area contributed by atoms with Crippen molar-refractivity contribution in [2.75, 3.05) is 0 Å². The van der Waals surface area contributed by atoms with Gasteiger partial charge in [-0.2, -0.15) is 0 Å². The summed E-state index contributed by atoms with van der Waals surface area (Å²) in [7, 11) is 0. The van der Waals surface area contributed by atoms with E-state index in [1.807, 2.05) is 11.3 Å². The molecule has 2 heterocycles. The number of hydrogen-bond donors (Lipinski definition) is 0. The van der Waals surface area contributed by atoms with Gasteiger partial charge < -0.3 is 4.57 Å². The Bertz CT molecular complexity index is 3470. The van der Waals surface area contributed by atoms with E-state index in [1.54, 1.807) is 0 Å². The minimum atomic E-state index is 1.18. The molecule has 0 amide bonds. The van der Waals surface area contributed by atoms with Crippen LogP contribution >= 0.6 is 11.3 Å². The van der Waals surface area contributed by atoms with Crippen molar-refractivity contribution < 1.29 is 0 Å². The van der Waals surface area contributed by atoms with E-state index in [0.717, 1.165) is 0 Å². The zero-order chi connectivity index (χ0) is 35.3. The van der Waals surface area contributed by atoms with Gasteiger partial charge in [0.25, 0.3) is 0 Å². The molecule has 0 saturated carbocycles. The van der Waals surface area contributed by atoms with Crippen LogP contribution in [0.4, 0.5) is 0 Å². The molecule has 0 fully saturated rings. The number of aromatic nitrogens is 1. The number of benzene rings is 10. The van der Waals surface area contributed by atoms with Crippen molar-refractivity contribution in [2.45, 2.75) is 0 Å². The van der Waals surface area contributed by atoms with Gasteiger partial charge in [-0.15, -0.1) is 11.3 Å². The van der Waals surface area contributed by atoms with Gasteiger partial charge in [-0.3, -0.25) is 0 Å². The molecule has 0 aliphatic carbocycles. The molecular weight excluding hydrogens is 671 g/mol. The average Bonchev–Trinajstić information content (AvgIpc) is 3.78. The van der Waals surface area contributed by atoms with Crippen molar-refractivity contribution in [1.82, 2.24) is 4.57 Å². The third kappa shape index (κ3) is 4.26. The van der Waals surface area contributed by atoms with Crippen LogP contribution < -0.4 is 0 Å². The normalized spacial score (nSPS) is 12.1. The molecule has 0 N–H and O–H groups in total. The summed E-state index contributed by atoms with van der Waals surface area (Å²) in [6.45, 7) is 0. The first-order chi connectivity index (χ1) is 26.8. The van der Waals surface area contributed by atoms with Gasteiger partial charge in [0.1, 0.15) is 0 Å². The van der Waals surface area contributed by atoms with Crippen molar-refractivity contribution in [3.63, 3.8) is 0 Å². The molecule has 0 radical (unpaired) electrons. The van der Waals surface area contributed by atoms with Crippen LogP contribution in [0, 0.1) is 0 Å². The van der Waals surface area contributed by atoms with Crippen molar-refractivity contribution in [2.24, 2.45) is 0 Å². The summed E-state index contributed by atoms with van der Waals surface area (Å²) in [6.07, 6.45) is 0. The van der Waals surface area contributed by atoms with Crippen LogP contribution in [0.1, 0.15) is 0 Å².